The topological polar surface area (TPSA) is 86.0 Å². The van der Waals surface area contributed by atoms with Gasteiger partial charge in [-0.3, -0.25) is 4.90 Å². The Hall–Kier alpha value is -2.69. The number of morpholine rings is 2. The number of rotatable bonds is 6. The fourth-order valence-electron chi connectivity index (χ4n) is 4.43. The van der Waals surface area contributed by atoms with Crippen molar-refractivity contribution >= 4 is 52.8 Å². The van der Waals surface area contributed by atoms with Gasteiger partial charge >= 0.3 is 0 Å². The van der Waals surface area contributed by atoms with E-state index in [1.165, 1.54) is 0 Å². The second-order valence-corrected chi connectivity index (χ2v) is 8.44. The molecular formula is C25H29Cl2N5O4. The van der Waals surface area contributed by atoms with Crippen LogP contribution in [0.3, 0.4) is 0 Å². The van der Waals surface area contributed by atoms with Gasteiger partial charge in [-0.25, -0.2) is 15.0 Å². The lowest BCUT2D eigenvalue weighted by Crippen LogP contribution is -2.38. The van der Waals surface area contributed by atoms with Gasteiger partial charge in [-0.15, -0.1) is 24.8 Å². The molecule has 0 atom stereocenters. The molecule has 9 nitrogen and oxygen atoms in total. The van der Waals surface area contributed by atoms with Crippen LogP contribution in [-0.2, 0) is 9.47 Å². The average Bonchev–Trinajstić information content (AvgIpc) is 3.28. The Balaban J connectivity index is 0.00000152. The molecule has 2 fully saturated rings. The maximum atomic E-state index is 6.11. The van der Waals surface area contributed by atoms with E-state index in [4.69, 9.17) is 28.6 Å². The molecule has 0 unspecified atom stereocenters. The molecule has 0 amide bonds. The monoisotopic (exact) mass is 533 g/mol. The second kappa shape index (κ2) is 12.0. The molecule has 2 aliphatic rings. The minimum atomic E-state index is 0. The van der Waals surface area contributed by atoms with E-state index in [1.807, 2.05) is 36.4 Å². The Morgan fingerprint density at radius 2 is 1.67 bits per heavy atom. The molecule has 2 saturated heterocycles. The Morgan fingerprint density at radius 1 is 0.889 bits per heavy atom. The minimum Gasteiger partial charge on any atom is -0.492 e. The van der Waals surface area contributed by atoms with Crippen molar-refractivity contribution in [2.75, 3.05) is 70.7 Å². The van der Waals surface area contributed by atoms with Crippen molar-refractivity contribution in [3.05, 3.63) is 42.6 Å². The van der Waals surface area contributed by atoms with Gasteiger partial charge in [-0.2, -0.15) is 0 Å². The largest absolute Gasteiger partial charge is 0.492 e. The van der Waals surface area contributed by atoms with Gasteiger partial charge in [-0.1, -0.05) is 12.1 Å². The second-order valence-electron chi connectivity index (χ2n) is 8.44. The molecule has 0 saturated carbocycles. The van der Waals surface area contributed by atoms with E-state index in [0.717, 1.165) is 74.0 Å². The van der Waals surface area contributed by atoms with Crippen LogP contribution in [0.5, 0.6) is 5.75 Å². The standard InChI is InChI=1S/C25H27N5O4.2ClH/c1-3-18(17-19(4-1)33-16-9-29-7-12-31-13-8-29)23-27-21-20-5-2-6-26-25(20)34-22(21)24(28-23)30-10-14-32-15-11-30;;/h1-6,17H,7-16H2;2*1H. The summed E-state index contributed by atoms with van der Waals surface area (Å²) in [5.41, 5.74) is 2.91. The molecule has 3 aromatic heterocycles. The average molecular weight is 534 g/mol. The zero-order valence-electron chi connectivity index (χ0n) is 19.8. The quantitative estimate of drug-likeness (QED) is 0.366. The van der Waals surface area contributed by atoms with Crippen molar-refractivity contribution in [3.8, 4) is 17.1 Å². The molecule has 0 aliphatic carbocycles. The SMILES string of the molecule is Cl.Cl.c1cc(OCCN2CCOCC2)cc(-c2nc(N3CCOCC3)c3oc4ncccc4c3n2)c1. The van der Waals surface area contributed by atoms with Gasteiger partial charge in [0.2, 0.25) is 5.71 Å². The number of benzene rings is 1. The molecule has 1 aromatic carbocycles. The first-order valence-electron chi connectivity index (χ1n) is 11.8. The summed E-state index contributed by atoms with van der Waals surface area (Å²) >= 11 is 0. The van der Waals surface area contributed by atoms with Crippen LogP contribution in [0, 0.1) is 0 Å². The number of hydrogen-bond donors (Lipinski definition) is 0. The molecule has 2 aliphatic heterocycles. The molecule has 192 valence electrons. The fraction of sp³-hybridized carbons (Fsp3) is 0.400. The smallest absolute Gasteiger partial charge is 0.229 e. The summed E-state index contributed by atoms with van der Waals surface area (Å²) in [6.45, 7) is 7.81. The van der Waals surface area contributed by atoms with Crippen LogP contribution in [0.4, 0.5) is 5.82 Å². The van der Waals surface area contributed by atoms with E-state index >= 15 is 0 Å². The fourth-order valence-corrected chi connectivity index (χ4v) is 4.43. The first kappa shape index (κ1) is 26.4. The van der Waals surface area contributed by atoms with Crippen LogP contribution in [0.15, 0.2) is 47.0 Å². The summed E-state index contributed by atoms with van der Waals surface area (Å²) < 4.78 is 23.1. The van der Waals surface area contributed by atoms with E-state index in [-0.39, 0.29) is 24.8 Å². The van der Waals surface area contributed by atoms with E-state index in [2.05, 4.69) is 14.8 Å². The molecule has 5 heterocycles. The molecule has 0 bridgehead atoms. The first-order valence-corrected chi connectivity index (χ1v) is 11.8. The summed E-state index contributed by atoms with van der Waals surface area (Å²) in [7, 11) is 0. The van der Waals surface area contributed by atoms with Crippen molar-refractivity contribution in [2.24, 2.45) is 0 Å². The predicted octanol–water partition coefficient (Wildman–Crippen LogP) is 3.83. The van der Waals surface area contributed by atoms with Gasteiger partial charge in [0.1, 0.15) is 17.9 Å². The summed E-state index contributed by atoms with van der Waals surface area (Å²) in [5, 5.41) is 0.883. The normalized spacial score (nSPS) is 16.5. The maximum absolute atomic E-state index is 6.11. The van der Waals surface area contributed by atoms with Crippen LogP contribution in [0.2, 0.25) is 0 Å². The first-order chi connectivity index (χ1) is 16.8. The van der Waals surface area contributed by atoms with Crippen molar-refractivity contribution in [1.82, 2.24) is 19.9 Å². The number of pyridine rings is 1. The highest BCUT2D eigenvalue weighted by atomic mass is 35.5. The van der Waals surface area contributed by atoms with Gasteiger partial charge in [0.15, 0.2) is 17.2 Å². The molecular weight excluding hydrogens is 505 g/mol. The molecule has 0 N–H and O–H groups in total. The Kier molecular flexibility index (Phi) is 8.81. The van der Waals surface area contributed by atoms with Crippen molar-refractivity contribution in [1.29, 1.82) is 0 Å². The number of anilines is 1. The predicted molar refractivity (Wildman–Crippen MR) is 143 cm³/mol. The number of aromatic nitrogens is 3. The van der Waals surface area contributed by atoms with E-state index in [9.17, 15) is 0 Å². The van der Waals surface area contributed by atoms with Gasteiger partial charge < -0.3 is 23.5 Å². The highest BCUT2D eigenvalue weighted by Gasteiger charge is 2.23. The molecule has 4 aromatic rings. The maximum Gasteiger partial charge on any atom is 0.229 e. The zero-order chi connectivity index (χ0) is 22.7. The van der Waals surface area contributed by atoms with Crippen molar-refractivity contribution in [2.45, 2.75) is 0 Å². The summed E-state index contributed by atoms with van der Waals surface area (Å²) in [6, 6.07) is 11.9. The van der Waals surface area contributed by atoms with E-state index < -0.39 is 0 Å². The van der Waals surface area contributed by atoms with E-state index in [0.29, 0.717) is 36.9 Å². The van der Waals surface area contributed by atoms with Crippen LogP contribution >= 0.6 is 24.8 Å². The Bertz CT molecular complexity index is 1290. The summed E-state index contributed by atoms with van der Waals surface area (Å²) in [6.07, 6.45) is 1.73. The third-order valence-electron chi connectivity index (χ3n) is 6.26. The van der Waals surface area contributed by atoms with Gasteiger partial charge in [0, 0.05) is 44.5 Å². The van der Waals surface area contributed by atoms with Crippen LogP contribution in [0.25, 0.3) is 33.6 Å². The van der Waals surface area contributed by atoms with Crippen LogP contribution in [-0.4, -0.2) is 85.6 Å². The number of hydrogen-bond acceptors (Lipinski definition) is 9. The number of ether oxygens (including phenoxy) is 3. The Labute approximate surface area is 221 Å². The highest BCUT2D eigenvalue weighted by Crippen LogP contribution is 2.34. The molecule has 6 rings (SSSR count). The van der Waals surface area contributed by atoms with Crippen molar-refractivity contribution in [3.63, 3.8) is 0 Å². The lowest BCUT2D eigenvalue weighted by Gasteiger charge is -2.27. The van der Waals surface area contributed by atoms with E-state index in [1.54, 1.807) is 6.20 Å². The van der Waals surface area contributed by atoms with Gasteiger partial charge in [-0.05, 0) is 24.3 Å². The number of fused-ring (bicyclic) bond motifs is 3. The van der Waals surface area contributed by atoms with Gasteiger partial charge in [0.25, 0.3) is 0 Å². The van der Waals surface area contributed by atoms with Crippen LogP contribution in [0.1, 0.15) is 0 Å². The number of nitrogens with zero attached hydrogens (tertiary/aromatic N) is 5. The van der Waals surface area contributed by atoms with Gasteiger partial charge in [0.05, 0.1) is 31.8 Å². The lowest BCUT2D eigenvalue weighted by molar-refractivity contribution is 0.0322. The third-order valence-corrected chi connectivity index (χ3v) is 6.26. The molecule has 0 spiro atoms. The Morgan fingerprint density at radius 3 is 2.47 bits per heavy atom. The highest BCUT2D eigenvalue weighted by molar-refractivity contribution is 6.05. The zero-order valence-corrected chi connectivity index (χ0v) is 21.4. The minimum absolute atomic E-state index is 0. The van der Waals surface area contributed by atoms with Crippen molar-refractivity contribution < 1.29 is 18.6 Å². The summed E-state index contributed by atoms with van der Waals surface area (Å²) in [5.74, 6) is 2.22. The van der Waals surface area contributed by atoms with Crippen LogP contribution < -0.4 is 9.64 Å². The third kappa shape index (κ3) is 5.50. The molecule has 11 heteroatoms. The molecule has 0 radical (unpaired) electrons. The molecule has 36 heavy (non-hydrogen) atoms. The number of halogens is 2. The number of furan rings is 1. The summed E-state index contributed by atoms with van der Waals surface area (Å²) in [4.78, 5) is 18.8. The lowest BCUT2D eigenvalue weighted by atomic mass is 10.2.